The number of aromatic amines is 1. The molecule has 0 amide bonds. The van der Waals surface area contributed by atoms with Gasteiger partial charge in [0, 0.05) is 12.4 Å². The van der Waals surface area contributed by atoms with Crippen LogP contribution >= 0.6 is 0 Å². The minimum absolute atomic E-state index is 0.476. The van der Waals surface area contributed by atoms with Gasteiger partial charge in [0.25, 0.3) is 0 Å². The van der Waals surface area contributed by atoms with Crippen LogP contribution in [0.25, 0.3) is 0 Å². The number of aryl methyl sites for hydroxylation is 1. The molecule has 1 aromatic carbocycles. The number of ether oxygens (including phenoxy) is 1. The van der Waals surface area contributed by atoms with E-state index in [1.807, 2.05) is 25.1 Å². The van der Waals surface area contributed by atoms with Gasteiger partial charge in [-0.2, -0.15) is 0 Å². The molecule has 16 heavy (non-hydrogen) atoms. The maximum atomic E-state index is 5.19. The summed E-state index contributed by atoms with van der Waals surface area (Å²) >= 11 is 0. The third kappa shape index (κ3) is 2.25. The molecule has 0 aliphatic carbocycles. The SMILES string of the molecule is COc1ccc(C)cc1N=Nc1ncc[nH]1. The lowest BCUT2D eigenvalue weighted by molar-refractivity contribution is 0.415. The average molecular weight is 216 g/mol. The number of aromatic nitrogens is 2. The van der Waals surface area contributed by atoms with Gasteiger partial charge in [-0.1, -0.05) is 6.07 Å². The van der Waals surface area contributed by atoms with E-state index in [2.05, 4.69) is 20.2 Å². The van der Waals surface area contributed by atoms with Crippen LogP contribution in [0, 0.1) is 6.92 Å². The Kier molecular flexibility index (Phi) is 2.95. The molecule has 0 saturated carbocycles. The molecular formula is C11H12N4O. The van der Waals surface area contributed by atoms with Crippen molar-refractivity contribution in [3.05, 3.63) is 36.2 Å². The van der Waals surface area contributed by atoms with E-state index in [9.17, 15) is 0 Å². The normalized spacial score (nSPS) is 10.9. The molecule has 2 rings (SSSR count). The Labute approximate surface area is 93.2 Å². The Morgan fingerprint density at radius 1 is 1.31 bits per heavy atom. The van der Waals surface area contributed by atoms with Crippen molar-refractivity contribution in [3.8, 4) is 5.75 Å². The van der Waals surface area contributed by atoms with E-state index in [-0.39, 0.29) is 0 Å². The highest BCUT2D eigenvalue weighted by Crippen LogP contribution is 2.29. The van der Waals surface area contributed by atoms with Gasteiger partial charge >= 0.3 is 0 Å². The second kappa shape index (κ2) is 4.57. The number of imidazole rings is 1. The van der Waals surface area contributed by atoms with Gasteiger partial charge in [-0.05, 0) is 24.6 Å². The van der Waals surface area contributed by atoms with Crippen LogP contribution < -0.4 is 4.74 Å². The lowest BCUT2D eigenvalue weighted by Gasteiger charge is -2.03. The minimum Gasteiger partial charge on any atom is -0.494 e. The summed E-state index contributed by atoms with van der Waals surface area (Å²) in [6.07, 6.45) is 3.32. The van der Waals surface area contributed by atoms with E-state index in [4.69, 9.17) is 4.74 Å². The first-order valence-electron chi connectivity index (χ1n) is 4.85. The summed E-state index contributed by atoms with van der Waals surface area (Å²) in [5.41, 5.74) is 1.80. The van der Waals surface area contributed by atoms with Crippen LogP contribution in [0.3, 0.4) is 0 Å². The van der Waals surface area contributed by atoms with Crippen molar-refractivity contribution in [1.29, 1.82) is 0 Å². The quantitative estimate of drug-likeness (QED) is 0.801. The average Bonchev–Trinajstić information content (AvgIpc) is 2.79. The summed E-state index contributed by atoms with van der Waals surface area (Å²) in [5, 5.41) is 8.05. The van der Waals surface area contributed by atoms with E-state index in [0.29, 0.717) is 17.4 Å². The molecule has 2 aromatic rings. The topological polar surface area (TPSA) is 62.6 Å². The van der Waals surface area contributed by atoms with E-state index in [1.165, 1.54) is 0 Å². The van der Waals surface area contributed by atoms with Crippen LogP contribution in [0.2, 0.25) is 0 Å². The molecule has 1 aromatic heterocycles. The highest BCUT2D eigenvalue weighted by atomic mass is 16.5. The zero-order valence-corrected chi connectivity index (χ0v) is 9.14. The van der Waals surface area contributed by atoms with Crippen molar-refractivity contribution in [3.63, 3.8) is 0 Å². The first kappa shape index (κ1) is 10.4. The Morgan fingerprint density at radius 2 is 2.19 bits per heavy atom. The molecule has 0 unspecified atom stereocenters. The summed E-state index contributed by atoms with van der Waals surface area (Å²) in [6, 6.07) is 5.74. The number of nitrogens with zero attached hydrogens (tertiary/aromatic N) is 3. The lowest BCUT2D eigenvalue weighted by atomic mass is 10.2. The molecule has 5 heteroatoms. The van der Waals surface area contributed by atoms with E-state index in [1.54, 1.807) is 19.5 Å². The molecule has 5 nitrogen and oxygen atoms in total. The highest BCUT2D eigenvalue weighted by molar-refractivity contribution is 5.53. The second-order valence-corrected chi connectivity index (χ2v) is 3.29. The molecule has 0 radical (unpaired) electrons. The monoisotopic (exact) mass is 216 g/mol. The largest absolute Gasteiger partial charge is 0.494 e. The Hall–Kier alpha value is -2.17. The molecule has 0 bridgehead atoms. The van der Waals surface area contributed by atoms with Gasteiger partial charge in [-0.3, -0.25) is 0 Å². The van der Waals surface area contributed by atoms with Crippen molar-refractivity contribution >= 4 is 11.6 Å². The number of nitrogens with one attached hydrogen (secondary N) is 1. The van der Waals surface area contributed by atoms with Crippen LogP contribution in [0.1, 0.15) is 5.56 Å². The highest BCUT2D eigenvalue weighted by Gasteiger charge is 2.01. The van der Waals surface area contributed by atoms with Gasteiger partial charge in [0.15, 0.2) is 0 Å². The molecule has 1 N–H and O–H groups in total. The Bertz CT molecular complexity index is 491. The second-order valence-electron chi connectivity index (χ2n) is 3.29. The molecule has 0 aliphatic heterocycles. The summed E-state index contributed by atoms with van der Waals surface area (Å²) < 4.78 is 5.19. The summed E-state index contributed by atoms with van der Waals surface area (Å²) in [6.45, 7) is 1.99. The maximum Gasteiger partial charge on any atom is 0.246 e. The fourth-order valence-electron chi connectivity index (χ4n) is 1.29. The fraction of sp³-hybridized carbons (Fsp3) is 0.182. The standard InChI is InChI=1S/C11H12N4O/c1-8-3-4-10(16-2)9(7-8)14-15-11-12-5-6-13-11/h3-7H,1-2H3,(H,12,13). The lowest BCUT2D eigenvalue weighted by Crippen LogP contribution is -1.83. The summed E-state index contributed by atoms with van der Waals surface area (Å²) in [7, 11) is 1.61. The van der Waals surface area contributed by atoms with Gasteiger partial charge in [0.2, 0.25) is 5.95 Å². The predicted molar refractivity (Wildman–Crippen MR) is 60.5 cm³/mol. The van der Waals surface area contributed by atoms with Crippen molar-refractivity contribution in [2.45, 2.75) is 6.92 Å². The zero-order valence-electron chi connectivity index (χ0n) is 9.14. The van der Waals surface area contributed by atoms with E-state index in [0.717, 1.165) is 5.56 Å². The van der Waals surface area contributed by atoms with Crippen LogP contribution in [-0.4, -0.2) is 17.1 Å². The molecule has 82 valence electrons. The van der Waals surface area contributed by atoms with Gasteiger partial charge in [0.1, 0.15) is 11.4 Å². The fourth-order valence-corrected chi connectivity index (χ4v) is 1.29. The van der Waals surface area contributed by atoms with Crippen molar-refractivity contribution in [1.82, 2.24) is 9.97 Å². The van der Waals surface area contributed by atoms with Crippen LogP contribution in [-0.2, 0) is 0 Å². The number of methoxy groups -OCH3 is 1. The number of hydrogen-bond donors (Lipinski definition) is 1. The van der Waals surface area contributed by atoms with E-state index >= 15 is 0 Å². The molecule has 0 saturated heterocycles. The molecule has 0 spiro atoms. The first-order valence-corrected chi connectivity index (χ1v) is 4.85. The summed E-state index contributed by atoms with van der Waals surface area (Å²) in [5.74, 6) is 1.17. The third-order valence-corrected chi connectivity index (χ3v) is 2.07. The van der Waals surface area contributed by atoms with Crippen LogP contribution in [0.15, 0.2) is 40.8 Å². The first-order chi connectivity index (χ1) is 7.79. The minimum atomic E-state index is 0.476. The molecular weight excluding hydrogens is 204 g/mol. The molecule has 1 heterocycles. The van der Waals surface area contributed by atoms with Crippen molar-refractivity contribution < 1.29 is 4.74 Å². The van der Waals surface area contributed by atoms with Crippen molar-refractivity contribution in [2.75, 3.05) is 7.11 Å². The summed E-state index contributed by atoms with van der Waals surface area (Å²) in [4.78, 5) is 6.80. The number of H-pyrrole nitrogens is 1. The number of benzene rings is 1. The molecule has 0 aliphatic rings. The maximum absolute atomic E-state index is 5.19. The number of hydrogen-bond acceptors (Lipinski definition) is 4. The van der Waals surface area contributed by atoms with Crippen LogP contribution in [0.4, 0.5) is 11.6 Å². The molecule has 0 atom stereocenters. The number of azo groups is 1. The van der Waals surface area contributed by atoms with Gasteiger partial charge in [-0.25, -0.2) is 4.98 Å². The van der Waals surface area contributed by atoms with Gasteiger partial charge in [0.05, 0.1) is 7.11 Å². The smallest absolute Gasteiger partial charge is 0.246 e. The van der Waals surface area contributed by atoms with Crippen molar-refractivity contribution in [2.24, 2.45) is 10.2 Å². The zero-order chi connectivity index (χ0) is 11.4. The Balaban J connectivity index is 2.29. The van der Waals surface area contributed by atoms with Gasteiger partial charge < -0.3 is 9.72 Å². The molecule has 0 fully saturated rings. The third-order valence-electron chi connectivity index (χ3n) is 2.07. The predicted octanol–water partition coefficient (Wildman–Crippen LogP) is 3.14. The van der Waals surface area contributed by atoms with Gasteiger partial charge in [-0.15, -0.1) is 10.2 Å². The number of rotatable bonds is 3. The van der Waals surface area contributed by atoms with E-state index < -0.39 is 0 Å². The van der Waals surface area contributed by atoms with Crippen LogP contribution in [0.5, 0.6) is 5.75 Å². The Morgan fingerprint density at radius 3 is 2.88 bits per heavy atom.